The molecule has 0 atom stereocenters. The highest BCUT2D eigenvalue weighted by Crippen LogP contribution is 2.42. The number of benzene rings is 1. The molecular weight excluding hydrogens is 264 g/mol. The van der Waals surface area contributed by atoms with Crippen LogP contribution in [0.15, 0.2) is 12.1 Å². The van der Waals surface area contributed by atoms with Crippen molar-refractivity contribution in [1.29, 1.82) is 0 Å². The van der Waals surface area contributed by atoms with Gasteiger partial charge in [0.25, 0.3) is 0 Å². The fourth-order valence-corrected chi connectivity index (χ4v) is 4.44. The van der Waals surface area contributed by atoms with E-state index in [1.807, 2.05) is 0 Å². The number of nitrogen functional groups attached to an aromatic ring is 1. The van der Waals surface area contributed by atoms with Crippen molar-refractivity contribution in [3.8, 4) is 11.3 Å². The highest BCUT2D eigenvalue weighted by Gasteiger charge is 2.23. The molecule has 0 aliphatic heterocycles. The summed E-state index contributed by atoms with van der Waals surface area (Å²) in [5.41, 5.74) is 12.4. The zero-order chi connectivity index (χ0) is 14.3. The summed E-state index contributed by atoms with van der Waals surface area (Å²) in [5, 5.41) is 2.12. The van der Waals surface area contributed by atoms with Crippen LogP contribution in [0.4, 0.5) is 5.00 Å². The second-order valence-electron chi connectivity index (χ2n) is 6.02. The fourth-order valence-electron chi connectivity index (χ4n) is 3.43. The minimum absolute atomic E-state index is 0.641. The quantitative estimate of drug-likeness (QED) is 0.846. The number of aryl methyl sites for hydroxylation is 3. The summed E-state index contributed by atoms with van der Waals surface area (Å²) in [6.07, 6.45) is 5.22. The van der Waals surface area contributed by atoms with E-state index >= 15 is 0 Å². The molecule has 0 amide bonds. The van der Waals surface area contributed by atoms with E-state index in [0.29, 0.717) is 5.92 Å². The minimum Gasteiger partial charge on any atom is -0.389 e. The third-order valence-corrected chi connectivity index (χ3v) is 5.34. The lowest BCUT2D eigenvalue weighted by molar-refractivity contribution is 0.717. The summed E-state index contributed by atoms with van der Waals surface area (Å²) in [6, 6.07) is 4.44. The predicted octanol–water partition coefficient (Wildman–Crippen LogP) is 4.98. The number of rotatable bonds is 2. The van der Waals surface area contributed by atoms with Crippen LogP contribution in [0.2, 0.25) is 0 Å². The van der Waals surface area contributed by atoms with E-state index in [9.17, 15) is 0 Å². The van der Waals surface area contributed by atoms with Gasteiger partial charge in [-0.15, -0.1) is 11.3 Å². The van der Waals surface area contributed by atoms with Crippen LogP contribution >= 0.6 is 11.3 Å². The number of thiazole rings is 1. The van der Waals surface area contributed by atoms with Crippen LogP contribution in [0, 0.1) is 20.8 Å². The van der Waals surface area contributed by atoms with Crippen molar-refractivity contribution < 1.29 is 0 Å². The smallest absolute Gasteiger partial charge is 0.114 e. The van der Waals surface area contributed by atoms with Gasteiger partial charge in [-0.2, -0.15) is 0 Å². The highest BCUT2D eigenvalue weighted by molar-refractivity contribution is 7.16. The minimum atomic E-state index is 0.641. The average Bonchev–Trinajstić information content (AvgIpc) is 2.98. The predicted molar refractivity (Wildman–Crippen MR) is 87.4 cm³/mol. The maximum Gasteiger partial charge on any atom is 0.114 e. The molecule has 1 aromatic heterocycles. The lowest BCUT2D eigenvalue weighted by atomic mass is 9.97. The number of hydrogen-bond acceptors (Lipinski definition) is 3. The SMILES string of the molecule is Cc1cc(C)c(-c2nc(C3CCCC3)sc2N)c(C)c1. The van der Waals surface area contributed by atoms with Crippen molar-refractivity contribution in [2.24, 2.45) is 0 Å². The van der Waals surface area contributed by atoms with E-state index in [0.717, 1.165) is 10.7 Å². The molecular formula is C17H22N2S. The van der Waals surface area contributed by atoms with Crippen molar-refractivity contribution in [3.63, 3.8) is 0 Å². The van der Waals surface area contributed by atoms with Crippen LogP contribution < -0.4 is 5.73 Å². The first kappa shape index (κ1) is 13.6. The highest BCUT2D eigenvalue weighted by atomic mass is 32.1. The first-order chi connectivity index (χ1) is 9.56. The van der Waals surface area contributed by atoms with Crippen molar-refractivity contribution in [3.05, 3.63) is 33.8 Å². The molecule has 3 rings (SSSR count). The monoisotopic (exact) mass is 286 g/mol. The maximum absolute atomic E-state index is 6.27. The average molecular weight is 286 g/mol. The summed E-state index contributed by atoms with van der Waals surface area (Å²) in [7, 11) is 0. The third-order valence-electron chi connectivity index (χ3n) is 4.29. The Morgan fingerprint density at radius 1 is 1.10 bits per heavy atom. The normalized spacial score (nSPS) is 15.9. The van der Waals surface area contributed by atoms with E-state index < -0.39 is 0 Å². The second kappa shape index (κ2) is 5.21. The van der Waals surface area contributed by atoms with Gasteiger partial charge in [0, 0.05) is 11.5 Å². The molecule has 2 aromatic rings. The van der Waals surface area contributed by atoms with E-state index in [1.165, 1.54) is 52.9 Å². The van der Waals surface area contributed by atoms with Crippen LogP contribution in [0.1, 0.15) is 53.3 Å². The first-order valence-corrected chi connectivity index (χ1v) is 8.22. The number of anilines is 1. The zero-order valence-electron chi connectivity index (χ0n) is 12.5. The Kier molecular flexibility index (Phi) is 3.55. The van der Waals surface area contributed by atoms with Gasteiger partial charge in [-0.1, -0.05) is 30.5 Å². The number of aromatic nitrogens is 1. The molecule has 0 saturated heterocycles. The Bertz CT molecular complexity index is 613. The van der Waals surface area contributed by atoms with Gasteiger partial charge >= 0.3 is 0 Å². The number of nitrogens with two attached hydrogens (primary N) is 1. The fraction of sp³-hybridized carbons (Fsp3) is 0.471. The molecule has 1 heterocycles. The van der Waals surface area contributed by atoms with Gasteiger partial charge in [0.1, 0.15) is 10.7 Å². The standard InChI is InChI=1S/C17H22N2S/c1-10-8-11(2)14(12(3)9-10)15-16(18)20-17(19-15)13-6-4-5-7-13/h8-9,13H,4-7,18H2,1-3H3. The van der Waals surface area contributed by atoms with Gasteiger partial charge in [0.05, 0.1) is 5.01 Å². The third kappa shape index (κ3) is 2.35. The van der Waals surface area contributed by atoms with Crippen LogP contribution in [0.5, 0.6) is 0 Å². The molecule has 0 unspecified atom stereocenters. The van der Waals surface area contributed by atoms with Crippen molar-refractivity contribution in [2.75, 3.05) is 5.73 Å². The van der Waals surface area contributed by atoms with E-state index in [-0.39, 0.29) is 0 Å². The van der Waals surface area contributed by atoms with Crippen LogP contribution in [-0.4, -0.2) is 4.98 Å². The molecule has 20 heavy (non-hydrogen) atoms. The van der Waals surface area contributed by atoms with Crippen LogP contribution in [0.3, 0.4) is 0 Å². The van der Waals surface area contributed by atoms with Gasteiger partial charge in [0.2, 0.25) is 0 Å². The Morgan fingerprint density at radius 2 is 1.70 bits per heavy atom. The molecule has 0 radical (unpaired) electrons. The van der Waals surface area contributed by atoms with E-state index in [2.05, 4.69) is 32.9 Å². The lowest BCUT2D eigenvalue weighted by Gasteiger charge is -2.10. The summed E-state index contributed by atoms with van der Waals surface area (Å²) >= 11 is 1.69. The van der Waals surface area contributed by atoms with E-state index in [1.54, 1.807) is 11.3 Å². The van der Waals surface area contributed by atoms with Crippen LogP contribution in [0.25, 0.3) is 11.3 Å². The number of nitrogens with zero attached hydrogens (tertiary/aromatic N) is 1. The van der Waals surface area contributed by atoms with Crippen molar-refractivity contribution in [1.82, 2.24) is 4.98 Å². The van der Waals surface area contributed by atoms with Crippen LogP contribution in [-0.2, 0) is 0 Å². The summed E-state index contributed by atoms with van der Waals surface area (Å²) in [5.74, 6) is 0.641. The Morgan fingerprint density at radius 3 is 2.30 bits per heavy atom. The first-order valence-electron chi connectivity index (χ1n) is 7.40. The molecule has 1 aliphatic carbocycles. The zero-order valence-corrected chi connectivity index (χ0v) is 13.3. The number of hydrogen-bond donors (Lipinski definition) is 1. The topological polar surface area (TPSA) is 38.9 Å². The summed E-state index contributed by atoms with van der Waals surface area (Å²) in [4.78, 5) is 4.91. The largest absolute Gasteiger partial charge is 0.389 e. The van der Waals surface area contributed by atoms with Gasteiger partial charge in [-0.3, -0.25) is 0 Å². The molecule has 106 valence electrons. The molecule has 0 spiro atoms. The summed E-state index contributed by atoms with van der Waals surface area (Å²) < 4.78 is 0. The van der Waals surface area contributed by atoms with Gasteiger partial charge in [-0.25, -0.2) is 4.98 Å². The lowest BCUT2D eigenvalue weighted by Crippen LogP contribution is -1.95. The van der Waals surface area contributed by atoms with Gasteiger partial charge in [0.15, 0.2) is 0 Å². The Labute approximate surface area is 125 Å². The molecule has 1 aromatic carbocycles. The maximum atomic E-state index is 6.27. The van der Waals surface area contributed by atoms with Gasteiger partial charge < -0.3 is 5.73 Å². The molecule has 1 saturated carbocycles. The second-order valence-corrected chi connectivity index (χ2v) is 7.08. The molecule has 1 aliphatic rings. The molecule has 0 bridgehead atoms. The summed E-state index contributed by atoms with van der Waals surface area (Å²) in [6.45, 7) is 6.45. The van der Waals surface area contributed by atoms with Crippen molar-refractivity contribution >= 4 is 16.3 Å². The van der Waals surface area contributed by atoms with Gasteiger partial charge in [-0.05, 0) is 44.7 Å². The molecule has 3 heteroatoms. The van der Waals surface area contributed by atoms with E-state index in [4.69, 9.17) is 10.7 Å². The molecule has 1 fully saturated rings. The molecule has 2 N–H and O–H groups in total. The Hall–Kier alpha value is -1.35. The molecule has 2 nitrogen and oxygen atoms in total. The Balaban J connectivity index is 2.06. The van der Waals surface area contributed by atoms with Crippen molar-refractivity contribution in [2.45, 2.75) is 52.4 Å².